The summed E-state index contributed by atoms with van der Waals surface area (Å²) in [5.74, 6) is 0.394. The van der Waals surface area contributed by atoms with E-state index in [4.69, 9.17) is 11.5 Å². The second-order valence-electron chi connectivity index (χ2n) is 3.13. The van der Waals surface area contributed by atoms with Gasteiger partial charge in [0.05, 0.1) is 0 Å². The molecule has 0 aliphatic heterocycles. The third-order valence-electron chi connectivity index (χ3n) is 2.13. The first-order valence-electron chi connectivity index (χ1n) is 4.59. The van der Waals surface area contributed by atoms with E-state index in [0.717, 1.165) is 11.1 Å². The van der Waals surface area contributed by atoms with Crippen LogP contribution in [0.15, 0.2) is 37.6 Å². The van der Waals surface area contributed by atoms with Gasteiger partial charge in [0.25, 0.3) is 0 Å². The highest BCUT2D eigenvalue weighted by atomic mass is 14.8. The molecule has 15 heavy (non-hydrogen) atoms. The zero-order chi connectivity index (χ0) is 11.4. The number of nitrogens with zero attached hydrogens (tertiary/aromatic N) is 1. The van der Waals surface area contributed by atoms with Crippen LogP contribution in [-0.2, 0) is 0 Å². The fourth-order valence-corrected chi connectivity index (χ4v) is 1.29. The third kappa shape index (κ3) is 2.26. The quantitative estimate of drug-likeness (QED) is 0.737. The first kappa shape index (κ1) is 11.0. The van der Waals surface area contributed by atoms with Crippen LogP contribution in [0.3, 0.4) is 0 Å². The topological polar surface area (TPSA) is 64.9 Å². The highest BCUT2D eigenvalue weighted by molar-refractivity contribution is 5.78. The second-order valence-corrected chi connectivity index (χ2v) is 3.13. The monoisotopic (exact) mass is 201 g/mol. The maximum atomic E-state index is 5.68. The first-order chi connectivity index (χ1) is 7.10. The lowest BCUT2D eigenvalue weighted by Crippen LogP contribution is -2.02. The van der Waals surface area contributed by atoms with Crippen molar-refractivity contribution in [3.63, 3.8) is 0 Å². The van der Waals surface area contributed by atoms with Crippen LogP contribution < -0.4 is 11.5 Å². The Morgan fingerprint density at radius 3 is 2.67 bits per heavy atom. The van der Waals surface area contributed by atoms with Gasteiger partial charge in [0.2, 0.25) is 0 Å². The van der Waals surface area contributed by atoms with Gasteiger partial charge in [0, 0.05) is 23.0 Å². The summed E-state index contributed by atoms with van der Waals surface area (Å²) in [7, 11) is 0. The summed E-state index contributed by atoms with van der Waals surface area (Å²) in [5.41, 5.74) is 14.3. The Bertz CT molecular complexity index is 430. The van der Waals surface area contributed by atoms with Crippen LogP contribution in [0, 0.1) is 0 Å². The minimum Gasteiger partial charge on any atom is -0.399 e. The maximum Gasteiger partial charge on any atom is 0.132 e. The van der Waals surface area contributed by atoms with Crippen LogP contribution >= 0.6 is 0 Å². The zero-order valence-corrected chi connectivity index (χ0v) is 8.83. The molecular formula is C12H15N3. The van der Waals surface area contributed by atoms with Crippen molar-refractivity contribution in [2.75, 3.05) is 5.73 Å². The number of hydrogen-bond donors (Lipinski definition) is 2. The lowest BCUT2D eigenvalue weighted by Gasteiger charge is -2.07. The lowest BCUT2D eigenvalue weighted by atomic mass is 10.0. The number of pyridine rings is 1. The van der Waals surface area contributed by atoms with E-state index < -0.39 is 0 Å². The molecule has 0 bridgehead atoms. The molecule has 0 saturated heterocycles. The summed E-state index contributed by atoms with van der Waals surface area (Å²) >= 11 is 0. The van der Waals surface area contributed by atoms with Gasteiger partial charge in [-0.2, -0.15) is 0 Å². The first-order valence-corrected chi connectivity index (χ1v) is 4.59. The fourth-order valence-electron chi connectivity index (χ4n) is 1.29. The fraction of sp³-hybridized carbons (Fsp3) is 0.0833. The van der Waals surface area contributed by atoms with Gasteiger partial charge in [-0.05, 0) is 18.6 Å². The Hall–Kier alpha value is -2.03. The molecule has 3 nitrogen and oxygen atoms in total. The van der Waals surface area contributed by atoms with Crippen molar-refractivity contribution < 1.29 is 0 Å². The standard InChI is InChI=1S/C12H15N3/c1-4-9(5-2)10-6-11(8(3)13)12(14)15-7-10/h4-7H,1,3,13H2,2H3,(H2,14,15)/b9-5+. The van der Waals surface area contributed by atoms with Gasteiger partial charge in [-0.1, -0.05) is 25.3 Å². The number of hydrogen-bond acceptors (Lipinski definition) is 3. The average Bonchev–Trinajstić information content (AvgIpc) is 2.21. The molecule has 3 heteroatoms. The van der Waals surface area contributed by atoms with E-state index in [1.54, 1.807) is 12.3 Å². The molecule has 0 amide bonds. The van der Waals surface area contributed by atoms with E-state index in [1.807, 2.05) is 19.1 Å². The molecule has 78 valence electrons. The van der Waals surface area contributed by atoms with Crippen LogP contribution in [0.2, 0.25) is 0 Å². The molecule has 0 aliphatic rings. The molecule has 0 fully saturated rings. The average molecular weight is 201 g/mol. The minimum absolute atomic E-state index is 0.394. The highest BCUT2D eigenvalue weighted by Gasteiger charge is 2.05. The second kappa shape index (κ2) is 4.46. The number of rotatable bonds is 3. The van der Waals surface area contributed by atoms with Crippen molar-refractivity contribution in [3.8, 4) is 0 Å². The predicted molar refractivity (Wildman–Crippen MR) is 65.7 cm³/mol. The number of aromatic nitrogens is 1. The van der Waals surface area contributed by atoms with E-state index in [-0.39, 0.29) is 0 Å². The minimum atomic E-state index is 0.394. The number of nitrogens with two attached hydrogens (primary N) is 2. The zero-order valence-electron chi connectivity index (χ0n) is 8.83. The third-order valence-corrected chi connectivity index (χ3v) is 2.13. The van der Waals surface area contributed by atoms with Gasteiger partial charge in [0.15, 0.2) is 0 Å². The Balaban J connectivity index is 3.30. The van der Waals surface area contributed by atoms with Crippen molar-refractivity contribution in [1.82, 2.24) is 4.98 Å². The Morgan fingerprint density at radius 2 is 2.20 bits per heavy atom. The van der Waals surface area contributed by atoms with Crippen molar-refractivity contribution in [2.45, 2.75) is 6.92 Å². The molecule has 0 aliphatic carbocycles. The largest absolute Gasteiger partial charge is 0.399 e. The van der Waals surface area contributed by atoms with Gasteiger partial charge in [0.1, 0.15) is 5.82 Å². The molecule has 0 aromatic carbocycles. The van der Waals surface area contributed by atoms with E-state index in [0.29, 0.717) is 17.1 Å². The molecule has 4 N–H and O–H groups in total. The molecule has 0 spiro atoms. The van der Waals surface area contributed by atoms with Gasteiger partial charge in [-0.25, -0.2) is 4.98 Å². The summed E-state index contributed by atoms with van der Waals surface area (Å²) < 4.78 is 0. The van der Waals surface area contributed by atoms with Crippen LogP contribution in [0.25, 0.3) is 11.3 Å². The molecule has 1 rings (SSSR count). The summed E-state index contributed by atoms with van der Waals surface area (Å²) in [6, 6.07) is 1.86. The summed E-state index contributed by atoms with van der Waals surface area (Å²) in [6.45, 7) is 9.31. The molecule has 0 unspecified atom stereocenters. The van der Waals surface area contributed by atoms with Crippen molar-refractivity contribution in [1.29, 1.82) is 0 Å². The molecular weight excluding hydrogens is 186 g/mol. The molecule has 0 saturated carbocycles. The Kier molecular flexibility index (Phi) is 3.29. The van der Waals surface area contributed by atoms with Gasteiger partial charge >= 0.3 is 0 Å². The lowest BCUT2D eigenvalue weighted by molar-refractivity contribution is 1.29. The number of anilines is 1. The van der Waals surface area contributed by atoms with E-state index >= 15 is 0 Å². The van der Waals surface area contributed by atoms with Crippen LogP contribution in [0.1, 0.15) is 18.1 Å². The summed E-state index contributed by atoms with van der Waals surface area (Å²) in [6.07, 6.45) is 5.40. The normalized spacial score (nSPS) is 11.1. The van der Waals surface area contributed by atoms with Crippen LogP contribution in [0.4, 0.5) is 5.82 Å². The molecule has 1 aromatic rings. The van der Waals surface area contributed by atoms with Crippen molar-refractivity contribution >= 4 is 17.1 Å². The Labute approximate surface area is 89.8 Å². The van der Waals surface area contributed by atoms with Crippen molar-refractivity contribution in [3.05, 3.63) is 48.7 Å². The SMILES string of the molecule is C=C/C(=C\C)c1cnc(N)c(C(=C)N)c1. The van der Waals surface area contributed by atoms with E-state index in [9.17, 15) is 0 Å². The number of nitrogen functional groups attached to an aromatic ring is 1. The predicted octanol–water partition coefficient (Wildman–Crippen LogP) is 2.18. The van der Waals surface area contributed by atoms with Crippen LogP contribution in [0.5, 0.6) is 0 Å². The van der Waals surface area contributed by atoms with Crippen molar-refractivity contribution in [2.24, 2.45) is 5.73 Å². The molecule has 1 heterocycles. The highest BCUT2D eigenvalue weighted by Crippen LogP contribution is 2.21. The molecule has 1 aromatic heterocycles. The van der Waals surface area contributed by atoms with E-state index in [1.165, 1.54) is 0 Å². The van der Waals surface area contributed by atoms with E-state index in [2.05, 4.69) is 18.1 Å². The number of allylic oxidation sites excluding steroid dienone is 3. The van der Waals surface area contributed by atoms with Crippen LogP contribution in [-0.4, -0.2) is 4.98 Å². The summed E-state index contributed by atoms with van der Waals surface area (Å²) in [5, 5.41) is 0. The van der Waals surface area contributed by atoms with Gasteiger partial charge < -0.3 is 11.5 Å². The van der Waals surface area contributed by atoms with Gasteiger partial charge in [-0.15, -0.1) is 0 Å². The smallest absolute Gasteiger partial charge is 0.132 e. The van der Waals surface area contributed by atoms with Gasteiger partial charge in [-0.3, -0.25) is 0 Å². The molecule has 0 atom stereocenters. The summed E-state index contributed by atoms with van der Waals surface area (Å²) in [4.78, 5) is 4.07. The molecule has 0 radical (unpaired) electrons. The Morgan fingerprint density at radius 1 is 1.53 bits per heavy atom. The maximum absolute atomic E-state index is 5.68.